The maximum Gasteiger partial charge on any atom is 0.264 e. The maximum absolute atomic E-state index is 13.3. The van der Waals surface area contributed by atoms with Crippen LogP contribution >= 0.6 is 23.4 Å². The number of benzene rings is 3. The fraction of sp³-hybridized carbons (Fsp3) is 0.174. The van der Waals surface area contributed by atoms with E-state index in [0.29, 0.717) is 28.6 Å². The molecule has 0 N–H and O–H groups in total. The molecule has 0 aliphatic carbocycles. The molecule has 1 amide bonds. The highest BCUT2D eigenvalue weighted by molar-refractivity contribution is 7.99. The van der Waals surface area contributed by atoms with Crippen LogP contribution in [0, 0.1) is 0 Å². The third-order valence-electron chi connectivity index (χ3n) is 5.20. The summed E-state index contributed by atoms with van der Waals surface area (Å²) in [5.74, 6) is 1.11. The van der Waals surface area contributed by atoms with Gasteiger partial charge in [-0.1, -0.05) is 17.7 Å². The number of hydrogen-bond donors (Lipinski definition) is 0. The molecule has 4 rings (SSSR count). The van der Waals surface area contributed by atoms with Crippen LogP contribution in [0.5, 0.6) is 5.75 Å². The normalized spacial score (nSPS) is 13.4. The first kappa shape index (κ1) is 22.5. The highest BCUT2D eigenvalue weighted by Crippen LogP contribution is 2.37. The zero-order valence-corrected chi connectivity index (χ0v) is 19.9. The van der Waals surface area contributed by atoms with E-state index in [1.165, 1.54) is 23.5 Å². The molecule has 1 aliphatic rings. The van der Waals surface area contributed by atoms with Crippen molar-refractivity contribution in [3.05, 3.63) is 77.3 Å². The van der Waals surface area contributed by atoms with Gasteiger partial charge < -0.3 is 9.64 Å². The second-order valence-corrected chi connectivity index (χ2v) is 10.7. The van der Waals surface area contributed by atoms with Gasteiger partial charge in [0, 0.05) is 34.8 Å². The van der Waals surface area contributed by atoms with Crippen molar-refractivity contribution in [1.29, 1.82) is 0 Å². The summed E-state index contributed by atoms with van der Waals surface area (Å²) in [6.07, 6.45) is 0. The highest BCUT2D eigenvalue weighted by atomic mass is 35.5. The van der Waals surface area contributed by atoms with Gasteiger partial charge in [0.15, 0.2) is 0 Å². The molecule has 6 nitrogen and oxygen atoms in total. The van der Waals surface area contributed by atoms with E-state index < -0.39 is 10.0 Å². The Morgan fingerprint density at radius 1 is 1.09 bits per heavy atom. The van der Waals surface area contributed by atoms with Gasteiger partial charge in [0.2, 0.25) is 0 Å². The maximum atomic E-state index is 13.3. The molecule has 0 spiro atoms. The summed E-state index contributed by atoms with van der Waals surface area (Å²) in [4.78, 5) is 16.0. The summed E-state index contributed by atoms with van der Waals surface area (Å²) in [5, 5.41) is 0.543. The summed E-state index contributed by atoms with van der Waals surface area (Å²) in [6.45, 7) is 0.513. The number of amides is 1. The van der Waals surface area contributed by atoms with Crippen LogP contribution in [-0.4, -0.2) is 40.8 Å². The van der Waals surface area contributed by atoms with Crippen molar-refractivity contribution in [1.82, 2.24) is 0 Å². The first-order chi connectivity index (χ1) is 15.3. The van der Waals surface area contributed by atoms with Crippen LogP contribution in [0.25, 0.3) is 0 Å². The van der Waals surface area contributed by atoms with Gasteiger partial charge in [0.25, 0.3) is 15.9 Å². The van der Waals surface area contributed by atoms with Crippen LogP contribution in [-0.2, 0) is 10.0 Å². The van der Waals surface area contributed by atoms with Crippen LogP contribution in [0.15, 0.2) is 76.5 Å². The number of fused-ring (bicyclic) bond motifs is 1. The Bertz CT molecular complexity index is 1260. The lowest BCUT2D eigenvalue weighted by atomic mass is 10.1. The van der Waals surface area contributed by atoms with Gasteiger partial charge in [-0.15, -0.1) is 11.8 Å². The minimum absolute atomic E-state index is 0.0411. The minimum Gasteiger partial charge on any atom is -0.497 e. The standard InChI is InChI=1S/C23H21ClN2O4S2/c1-25(18-7-9-19(30-2)10-8-18)32(28,29)20-5-3-4-16(14-20)23(27)26-12-13-31-22-11-6-17(24)15-21(22)26/h3-11,14-15H,12-13H2,1-2H3. The smallest absolute Gasteiger partial charge is 0.264 e. The molecule has 1 aliphatic heterocycles. The van der Waals surface area contributed by atoms with Gasteiger partial charge in [-0.3, -0.25) is 9.10 Å². The average molecular weight is 489 g/mol. The van der Waals surface area contributed by atoms with Crippen molar-refractivity contribution in [3.63, 3.8) is 0 Å². The first-order valence-corrected chi connectivity index (χ1v) is 12.6. The van der Waals surface area contributed by atoms with Crippen molar-refractivity contribution in [2.45, 2.75) is 9.79 Å². The topological polar surface area (TPSA) is 66.9 Å². The molecule has 9 heteroatoms. The van der Waals surface area contributed by atoms with Crippen molar-refractivity contribution < 1.29 is 17.9 Å². The predicted octanol–water partition coefficient (Wildman–Crippen LogP) is 4.93. The molecule has 0 radical (unpaired) electrons. The summed E-state index contributed by atoms with van der Waals surface area (Å²) < 4.78 is 32.8. The molecule has 0 saturated heterocycles. The molecule has 0 aromatic heterocycles. The zero-order chi connectivity index (χ0) is 22.9. The second kappa shape index (κ2) is 9.05. The Hall–Kier alpha value is -2.68. The van der Waals surface area contributed by atoms with E-state index in [4.69, 9.17) is 16.3 Å². The molecule has 0 unspecified atom stereocenters. The third kappa shape index (κ3) is 4.30. The lowest BCUT2D eigenvalue weighted by Gasteiger charge is -2.29. The van der Waals surface area contributed by atoms with E-state index in [2.05, 4.69) is 0 Å². The Labute approximate surface area is 196 Å². The first-order valence-electron chi connectivity index (χ1n) is 9.78. The number of halogens is 1. The van der Waals surface area contributed by atoms with Gasteiger partial charge in [-0.05, 0) is 60.7 Å². The predicted molar refractivity (Wildman–Crippen MR) is 129 cm³/mol. The van der Waals surface area contributed by atoms with Gasteiger partial charge in [0.05, 0.1) is 23.4 Å². The van der Waals surface area contributed by atoms with Crippen LogP contribution in [0.4, 0.5) is 11.4 Å². The summed E-state index contributed by atoms with van der Waals surface area (Å²) in [5.41, 5.74) is 1.52. The SMILES string of the molecule is COc1ccc(N(C)S(=O)(=O)c2cccc(C(=O)N3CCSc4ccc(Cl)cc43)c2)cc1. The van der Waals surface area contributed by atoms with Gasteiger partial charge in [-0.2, -0.15) is 0 Å². The summed E-state index contributed by atoms with van der Waals surface area (Å²) in [7, 11) is -0.844. The zero-order valence-electron chi connectivity index (χ0n) is 17.5. The highest BCUT2D eigenvalue weighted by Gasteiger charge is 2.27. The number of carbonyl (C=O) groups excluding carboxylic acids is 1. The number of thioether (sulfide) groups is 1. The number of nitrogens with zero attached hydrogens (tertiary/aromatic N) is 2. The van der Waals surface area contributed by atoms with E-state index in [0.717, 1.165) is 16.3 Å². The largest absolute Gasteiger partial charge is 0.497 e. The molecule has 1 heterocycles. The van der Waals surface area contributed by atoms with Crippen molar-refractivity contribution >= 4 is 50.7 Å². The fourth-order valence-corrected chi connectivity index (χ4v) is 5.82. The minimum atomic E-state index is -3.87. The van der Waals surface area contributed by atoms with Crippen molar-refractivity contribution in [2.75, 3.05) is 35.7 Å². The van der Waals surface area contributed by atoms with Gasteiger partial charge in [0.1, 0.15) is 5.75 Å². The van der Waals surface area contributed by atoms with Crippen molar-refractivity contribution in [2.24, 2.45) is 0 Å². The average Bonchev–Trinajstić information content (AvgIpc) is 2.82. The molecule has 3 aromatic carbocycles. The molecule has 0 fully saturated rings. The number of hydrogen-bond acceptors (Lipinski definition) is 5. The molecule has 3 aromatic rings. The van der Waals surface area contributed by atoms with E-state index in [1.54, 1.807) is 72.3 Å². The second-order valence-electron chi connectivity index (χ2n) is 7.12. The van der Waals surface area contributed by atoms with E-state index in [1.807, 2.05) is 6.07 Å². The molecular formula is C23H21ClN2O4S2. The lowest BCUT2D eigenvalue weighted by Crippen LogP contribution is -2.35. The van der Waals surface area contributed by atoms with Crippen LogP contribution in [0.2, 0.25) is 5.02 Å². The van der Waals surface area contributed by atoms with E-state index in [9.17, 15) is 13.2 Å². The Morgan fingerprint density at radius 2 is 1.84 bits per heavy atom. The summed E-state index contributed by atoms with van der Waals surface area (Å²) in [6, 6.07) is 18.3. The van der Waals surface area contributed by atoms with Gasteiger partial charge in [-0.25, -0.2) is 8.42 Å². The Kier molecular flexibility index (Phi) is 6.37. The molecular weight excluding hydrogens is 468 g/mol. The molecule has 0 atom stereocenters. The molecule has 32 heavy (non-hydrogen) atoms. The van der Waals surface area contributed by atoms with Crippen LogP contribution < -0.4 is 13.9 Å². The number of methoxy groups -OCH3 is 1. The number of sulfonamides is 1. The molecule has 0 saturated carbocycles. The lowest BCUT2D eigenvalue weighted by molar-refractivity contribution is 0.0987. The number of carbonyl (C=O) groups is 1. The molecule has 166 valence electrons. The fourth-order valence-electron chi connectivity index (χ4n) is 3.44. The monoisotopic (exact) mass is 488 g/mol. The van der Waals surface area contributed by atoms with Crippen molar-refractivity contribution in [3.8, 4) is 5.75 Å². The number of ether oxygens (including phenoxy) is 1. The summed E-state index contributed by atoms with van der Waals surface area (Å²) >= 11 is 7.81. The van der Waals surface area contributed by atoms with Crippen LogP contribution in [0.3, 0.4) is 0 Å². The molecule has 0 bridgehead atoms. The Balaban J connectivity index is 1.65. The Morgan fingerprint density at radius 3 is 2.56 bits per heavy atom. The quantitative estimate of drug-likeness (QED) is 0.509. The van der Waals surface area contributed by atoms with E-state index >= 15 is 0 Å². The number of rotatable bonds is 5. The van der Waals surface area contributed by atoms with E-state index in [-0.39, 0.29) is 10.8 Å². The third-order valence-corrected chi connectivity index (χ3v) is 8.26. The van der Waals surface area contributed by atoms with Crippen LogP contribution in [0.1, 0.15) is 10.4 Å². The number of anilines is 2. The van der Waals surface area contributed by atoms with Gasteiger partial charge >= 0.3 is 0 Å².